The molecule has 3 nitrogen and oxygen atoms in total. The lowest BCUT2D eigenvalue weighted by atomic mass is 10.1. The van der Waals surface area contributed by atoms with Crippen molar-refractivity contribution in [3.8, 4) is 5.75 Å². The second kappa shape index (κ2) is 4.83. The maximum Gasteiger partial charge on any atom is 0.573 e. The van der Waals surface area contributed by atoms with Crippen LogP contribution in [-0.2, 0) is 0 Å². The van der Waals surface area contributed by atoms with Crippen molar-refractivity contribution in [3.63, 3.8) is 0 Å². The molecule has 0 amide bonds. The molecule has 0 fully saturated rings. The fourth-order valence-electron chi connectivity index (χ4n) is 1.16. The zero-order valence-electron chi connectivity index (χ0n) is 8.72. The zero-order valence-corrected chi connectivity index (χ0v) is 9.47. The number of Topliss-reactive ketones (excluding diaryl/α,β-unsaturated/α-hetero) is 1. The number of benzene rings is 1. The standard InChI is InChI=1S/C10H9ClF3NO2/c1-5(11)9(16)7-4-6(2-3-8(7)15)17-10(12,13)14/h2-5H,15H2,1H3. The van der Waals surface area contributed by atoms with Gasteiger partial charge in [-0.05, 0) is 25.1 Å². The van der Waals surface area contributed by atoms with Crippen molar-refractivity contribution >= 4 is 23.1 Å². The number of halogens is 4. The molecule has 1 unspecified atom stereocenters. The van der Waals surface area contributed by atoms with E-state index in [0.717, 1.165) is 18.2 Å². The lowest BCUT2D eigenvalue weighted by Crippen LogP contribution is -2.18. The molecule has 0 aliphatic heterocycles. The number of alkyl halides is 4. The van der Waals surface area contributed by atoms with Crippen molar-refractivity contribution in [1.82, 2.24) is 0 Å². The van der Waals surface area contributed by atoms with Crippen LogP contribution in [-0.4, -0.2) is 17.5 Å². The lowest BCUT2D eigenvalue weighted by Gasteiger charge is -2.11. The minimum atomic E-state index is -4.82. The van der Waals surface area contributed by atoms with Crippen LogP contribution in [0.25, 0.3) is 0 Å². The van der Waals surface area contributed by atoms with E-state index in [4.69, 9.17) is 17.3 Å². The molecular formula is C10H9ClF3NO2. The fourth-order valence-corrected chi connectivity index (χ4v) is 1.28. The summed E-state index contributed by atoms with van der Waals surface area (Å²) in [6, 6.07) is 3.11. The Hall–Kier alpha value is -1.43. The van der Waals surface area contributed by atoms with E-state index in [1.54, 1.807) is 0 Å². The van der Waals surface area contributed by atoms with Gasteiger partial charge < -0.3 is 10.5 Å². The minimum absolute atomic E-state index is 0.0528. The summed E-state index contributed by atoms with van der Waals surface area (Å²) in [4.78, 5) is 11.5. The van der Waals surface area contributed by atoms with Crippen molar-refractivity contribution in [2.45, 2.75) is 18.7 Å². The third-order valence-electron chi connectivity index (χ3n) is 1.89. The number of hydrogen-bond donors (Lipinski definition) is 1. The predicted molar refractivity (Wildman–Crippen MR) is 57.2 cm³/mol. The second-order valence-corrected chi connectivity index (χ2v) is 3.93. The number of hydrogen-bond acceptors (Lipinski definition) is 3. The fraction of sp³-hybridized carbons (Fsp3) is 0.300. The lowest BCUT2D eigenvalue weighted by molar-refractivity contribution is -0.274. The summed E-state index contributed by atoms with van der Waals surface area (Å²) >= 11 is 5.55. The number of carbonyl (C=O) groups is 1. The Labute approximate surface area is 100 Å². The van der Waals surface area contributed by atoms with Gasteiger partial charge in [-0.25, -0.2) is 0 Å². The Bertz CT molecular complexity index is 432. The molecule has 1 aromatic carbocycles. The molecule has 0 saturated carbocycles. The molecule has 0 aromatic heterocycles. The third kappa shape index (κ3) is 3.81. The van der Waals surface area contributed by atoms with Gasteiger partial charge in [0.25, 0.3) is 0 Å². The van der Waals surface area contributed by atoms with E-state index in [9.17, 15) is 18.0 Å². The van der Waals surface area contributed by atoms with Gasteiger partial charge in [0.15, 0.2) is 5.78 Å². The molecule has 0 radical (unpaired) electrons. The average molecular weight is 268 g/mol. The summed E-state index contributed by atoms with van der Waals surface area (Å²) in [5, 5.41) is -0.876. The van der Waals surface area contributed by atoms with Crippen LogP contribution in [0.5, 0.6) is 5.75 Å². The van der Waals surface area contributed by atoms with E-state index in [1.165, 1.54) is 6.92 Å². The molecule has 1 atom stereocenters. The predicted octanol–water partition coefficient (Wildman–Crippen LogP) is 2.98. The van der Waals surface area contributed by atoms with Gasteiger partial charge in [-0.15, -0.1) is 24.8 Å². The highest BCUT2D eigenvalue weighted by Gasteiger charge is 2.31. The van der Waals surface area contributed by atoms with Crippen LogP contribution >= 0.6 is 11.6 Å². The number of rotatable bonds is 3. The van der Waals surface area contributed by atoms with E-state index in [2.05, 4.69) is 4.74 Å². The topological polar surface area (TPSA) is 52.3 Å². The van der Waals surface area contributed by atoms with Crippen LogP contribution in [0.1, 0.15) is 17.3 Å². The number of ether oxygens (including phenoxy) is 1. The summed E-state index contributed by atoms with van der Waals surface area (Å²) < 4.78 is 39.6. The Morgan fingerprint density at radius 2 is 2.06 bits per heavy atom. The van der Waals surface area contributed by atoms with E-state index in [0.29, 0.717) is 0 Å². The highest BCUT2D eigenvalue weighted by molar-refractivity contribution is 6.34. The van der Waals surface area contributed by atoms with Crippen molar-refractivity contribution < 1.29 is 22.7 Å². The van der Waals surface area contributed by atoms with E-state index >= 15 is 0 Å². The van der Waals surface area contributed by atoms with Gasteiger partial charge in [-0.3, -0.25) is 4.79 Å². The molecule has 2 N–H and O–H groups in total. The molecule has 7 heteroatoms. The molecular weight excluding hydrogens is 259 g/mol. The number of nitrogen functional groups attached to an aromatic ring is 1. The summed E-state index contributed by atoms with van der Waals surface area (Å²) in [6.07, 6.45) is -4.82. The highest BCUT2D eigenvalue weighted by Crippen LogP contribution is 2.27. The van der Waals surface area contributed by atoms with Gasteiger partial charge in [0.2, 0.25) is 0 Å². The van der Waals surface area contributed by atoms with Gasteiger partial charge in [0.05, 0.1) is 5.38 Å². The average Bonchev–Trinajstić information content (AvgIpc) is 2.17. The Kier molecular flexibility index (Phi) is 3.87. The molecule has 0 aliphatic carbocycles. The van der Waals surface area contributed by atoms with Gasteiger partial charge in [0, 0.05) is 11.3 Å². The number of nitrogens with two attached hydrogens (primary N) is 1. The van der Waals surface area contributed by atoms with Crippen LogP contribution in [0.4, 0.5) is 18.9 Å². The molecule has 0 spiro atoms. The molecule has 0 saturated heterocycles. The van der Waals surface area contributed by atoms with Crippen LogP contribution in [0, 0.1) is 0 Å². The molecule has 0 aliphatic rings. The quantitative estimate of drug-likeness (QED) is 0.520. The first kappa shape index (κ1) is 13.6. The summed E-state index contributed by atoms with van der Waals surface area (Å²) in [5.41, 5.74) is 5.44. The van der Waals surface area contributed by atoms with Gasteiger partial charge in [-0.2, -0.15) is 0 Å². The normalized spacial score (nSPS) is 13.2. The molecule has 0 heterocycles. The zero-order chi connectivity index (χ0) is 13.2. The largest absolute Gasteiger partial charge is 0.573 e. The Morgan fingerprint density at radius 3 is 2.53 bits per heavy atom. The van der Waals surface area contributed by atoms with Gasteiger partial charge in [-0.1, -0.05) is 0 Å². The number of ketones is 1. The summed E-state index contributed by atoms with van der Waals surface area (Å²) in [7, 11) is 0. The SMILES string of the molecule is CC(Cl)C(=O)c1cc(OC(F)(F)F)ccc1N. The Morgan fingerprint density at radius 1 is 1.47 bits per heavy atom. The Balaban J connectivity index is 3.07. The molecule has 17 heavy (non-hydrogen) atoms. The van der Waals surface area contributed by atoms with Crippen molar-refractivity contribution in [1.29, 1.82) is 0 Å². The van der Waals surface area contributed by atoms with Crippen LogP contribution in [0.2, 0.25) is 0 Å². The first-order valence-electron chi connectivity index (χ1n) is 4.54. The number of carbonyl (C=O) groups excluding carboxylic acids is 1. The third-order valence-corrected chi connectivity index (χ3v) is 2.08. The summed E-state index contributed by atoms with van der Waals surface area (Å²) in [6.45, 7) is 1.40. The monoisotopic (exact) mass is 267 g/mol. The summed E-state index contributed by atoms with van der Waals surface area (Å²) in [5.74, 6) is -1.07. The van der Waals surface area contributed by atoms with Gasteiger partial charge in [0.1, 0.15) is 5.75 Å². The highest BCUT2D eigenvalue weighted by atomic mass is 35.5. The van der Waals surface area contributed by atoms with Crippen LogP contribution in [0.15, 0.2) is 18.2 Å². The maximum absolute atomic E-state index is 12.0. The van der Waals surface area contributed by atoms with Crippen LogP contribution < -0.4 is 10.5 Å². The van der Waals surface area contributed by atoms with Crippen molar-refractivity contribution in [3.05, 3.63) is 23.8 Å². The molecule has 1 aromatic rings. The second-order valence-electron chi connectivity index (χ2n) is 3.28. The van der Waals surface area contributed by atoms with Crippen molar-refractivity contribution in [2.24, 2.45) is 0 Å². The minimum Gasteiger partial charge on any atom is -0.406 e. The first-order chi connectivity index (χ1) is 7.70. The van der Waals surface area contributed by atoms with E-state index in [1.807, 2.05) is 0 Å². The first-order valence-corrected chi connectivity index (χ1v) is 4.98. The molecule has 94 valence electrons. The molecule has 1 rings (SSSR count). The van der Waals surface area contributed by atoms with Crippen molar-refractivity contribution in [2.75, 3.05) is 5.73 Å². The smallest absolute Gasteiger partial charge is 0.406 e. The van der Waals surface area contributed by atoms with E-state index < -0.39 is 23.3 Å². The maximum atomic E-state index is 12.0. The number of anilines is 1. The van der Waals surface area contributed by atoms with Crippen LogP contribution in [0.3, 0.4) is 0 Å². The van der Waals surface area contributed by atoms with Gasteiger partial charge >= 0.3 is 6.36 Å². The molecule has 0 bridgehead atoms. The van der Waals surface area contributed by atoms with E-state index in [-0.39, 0.29) is 11.3 Å².